The molecule has 0 radical (unpaired) electrons. The second kappa shape index (κ2) is 3.63. The number of carboxylic acids is 1. The minimum Gasteiger partial charge on any atom is -0.478 e. The van der Waals surface area contributed by atoms with Gasteiger partial charge in [-0.15, -0.1) is 0 Å². The van der Waals surface area contributed by atoms with Crippen LogP contribution in [0.5, 0.6) is 5.75 Å². The van der Waals surface area contributed by atoms with Gasteiger partial charge in [0.15, 0.2) is 11.4 Å². The summed E-state index contributed by atoms with van der Waals surface area (Å²) in [5.74, 6) is -1.37. The van der Waals surface area contributed by atoms with Gasteiger partial charge in [0, 0.05) is 5.02 Å². The molecule has 2 rings (SSSR count). The van der Waals surface area contributed by atoms with E-state index in [1.807, 2.05) is 0 Å². The highest BCUT2D eigenvalue weighted by Crippen LogP contribution is 2.38. The molecule has 0 saturated carbocycles. The summed E-state index contributed by atoms with van der Waals surface area (Å²) in [6.07, 6.45) is 0. The Kier molecular flexibility index (Phi) is 2.50. The van der Waals surface area contributed by atoms with E-state index >= 15 is 0 Å². The molecule has 0 fully saturated rings. The van der Waals surface area contributed by atoms with Crippen LogP contribution in [0, 0.1) is 0 Å². The molecule has 90 valence electrons. The van der Waals surface area contributed by atoms with E-state index in [-0.39, 0.29) is 27.9 Å². The zero-order chi connectivity index (χ0) is 12.8. The van der Waals surface area contributed by atoms with Gasteiger partial charge in [0.05, 0.1) is 5.69 Å². The first-order chi connectivity index (χ1) is 7.81. The quantitative estimate of drug-likeness (QED) is 0.806. The van der Waals surface area contributed by atoms with E-state index < -0.39 is 11.6 Å². The van der Waals surface area contributed by atoms with Crippen LogP contribution in [0.2, 0.25) is 5.02 Å². The number of hydrogen-bond donors (Lipinski definition) is 2. The third-order valence-electron chi connectivity index (χ3n) is 2.44. The van der Waals surface area contributed by atoms with Crippen molar-refractivity contribution >= 4 is 29.2 Å². The van der Waals surface area contributed by atoms with Crippen molar-refractivity contribution < 1.29 is 19.4 Å². The highest BCUT2D eigenvalue weighted by atomic mass is 35.5. The lowest BCUT2D eigenvalue weighted by molar-refractivity contribution is -0.129. The summed E-state index contributed by atoms with van der Waals surface area (Å²) in [5, 5.41) is 11.9. The van der Waals surface area contributed by atoms with E-state index in [0.717, 1.165) is 0 Å². The molecule has 6 heteroatoms. The van der Waals surface area contributed by atoms with Gasteiger partial charge in [-0.05, 0) is 26.0 Å². The van der Waals surface area contributed by atoms with Crippen molar-refractivity contribution in [2.75, 3.05) is 5.32 Å². The Hall–Kier alpha value is -1.75. The first-order valence-electron chi connectivity index (χ1n) is 4.88. The van der Waals surface area contributed by atoms with E-state index in [1.54, 1.807) is 13.8 Å². The average molecular weight is 256 g/mol. The lowest BCUT2D eigenvalue weighted by atomic mass is 10.0. The van der Waals surface area contributed by atoms with Gasteiger partial charge in [-0.25, -0.2) is 4.79 Å². The number of rotatable bonds is 1. The summed E-state index contributed by atoms with van der Waals surface area (Å²) in [7, 11) is 0. The Morgan fingerprint density at radius 1 is 1.47 bits per heavy atom. The summed E-state index contributed by atoms with van der Waals surface area (Å²) in [4.78, 5) is 22.7. The molecule has 0 spiro atoms. The smallest absolute Gasteiger partial charge is 0.339 e. The molecule has 1 aliphatic heterocycles. The van der Waals surface area contributed by atoms with Gasteiger partial charge in [0.25, 0.3) is 5.91 Å². The fourth-order valence-electron chi connectivity index (χ4n) is 1.53. The summed E-state index contributed by atoms with van der Waals surface area (Å²) in [5.41, 5.74) is -0.898. The topological polar surface area (TPSA) is 75.6 Å². The number of halogens is 1. The number of ether oxygens (including phenoxy) is 1. The number of hydrogen-bond acceptors (Lipinski definition) is 3. The molecule has 0 saturated heterocycles. The van der Waals surface area contributed by atoms with Crippen molar-refractivity contribution in [1.82, 2.24) is 0 Å². The first kappa shape index (κ1) is 11.7. The number of carbonyl (C=O) groups is 2. The molecule has 1 heterocycles. The molecule has 2 N–H and O–H groups in total. The van der Waals surface area contributed by atoms with E-state index in [4.69, 9.17) is 21.4 Å². The maximum absolute atomic E-state index is 11.6. The molecular weight excluding hydrogens is 246 g/mol. The second-order valence-corrected chi connectivity index (χ2v) is 4.64. The zero-order valence-corrected chi connectivity index (χ0v) is 9.96. The van der Waals surface area contributed by atoms with Gasteiger partial charge in [0.2, 0.25) is 0 Å². The number of fused-ring (bicyclic) bond motifs is 1. The Bertz CT molecular complexity index is 524. The molecule has 1 aromatic rings. The van der Waals surface area contributed by atoms with Gasteiger partial charge >= 0.3 is 5.97 Å². The van der Waals surface area contributed by atoms with Gasteiger partial charge in [-0.3, -0.25) is 4.79 Å². The van der Waals surface area contributed by atoms with Crippen LogP contribution in [0.15, 0.2) is 12.1 Å². The minimum atomic E-state index is -1.16. The normalized spacial score (nSPS) is 16.8. The van der Waals surface area contributed by atoms with Crippen LogP contribution in [0.3, 0.4) is 0 Å². The van der Waals surface area contributed by atoms with Crippen molar-refractivity contribution in [1.29, 1.82) is 0 Å². The lowest BCUT2D eigenvalue weighted by Crippen LogP contribution is -2.46. The number of nitrogens with one attached hydrogen (secondary N) is 1. The van der Waals surface area contributed by atoms with Crippen LogP contribution < -0.4 is 10.1 Å². The monoisotopic (exact) mass is 255 g/mol. The second-order valence-electron chi connectivity index (χ2n) is 4.20. The number of carboxylic acid groups (broad SMARTS) is 1. The molecule has 0 bridgehead atoms. The predicted octanol–water partition coefficient (Wildman–Crippen LogP) is 2.15. The molecule has 0 unspecified atom stereocenters. The number of aromatic carboxylic acids is 1. The third-order valence-corrected chi connectivity index (χ3v) is 2.65. The lowest BCUT2D eigenvalue weighted by Gasteiger charge is -2.32. The van der Waals surface area contributed by atoms with Crippen LogP contribution in [-0.2, 0) is 4.79 Å². The summed E-state index contributed by atoms with van der Waals surface area (Å²) in [6, 6.07) is 2.74. The van der Waals surface area contributed by atoms with Crippen LogP contribution in [0.1, 0.15) is 24.2 Å². The molecule has 0 aromatic heterocycles. The van der Waals surface area contributed by atoms with Crippen LogP contribution in [-0.4, -0.2) is 22.6 Å². The van der Waals surface area contributed by atoms with Crippen molar-refractivity contribution in [3.8, 4) is 5.75 Å². The van der Waals surface area contributed by atoms with Crippen LogP contribution >= 0.6 is 11.6 Å². The number of anilines is 1. The molecule has 0 atom stereocenters. The molecule has 17 heavy (non-hydrogen) atoms. The summed E-state index contributed by atoms with van der Waals surface area (Å²) >= 11 is 5.77. The summed E-state index contributed by atoms with van der Waals surface area (Å²) < 4.78 is 5.43. The van der Waals surface area contributed by atoms with Crippen LogP contribution in [0.4, 0.5) is 5.69 Å². The standard InChI is InChI=1S/C11H10ClNO4/c1-11(2)10(16)13-7-4-5(12)3-6(9(14)15)8(7)17-11/h3-4H,1-2H3,(H,13,16)(H,14,15). The van der Waals surface area contributed by atoms with Crippen molar-refractivity contribution in [2.45, 2.75) is 19.4 Å². The number of amides is 1. The van der Waals surface area contributed by atoms with Gasteiger partial charge in [0.1, 0.15) is 5.56 Å². The first-order valence-corrected chi connectivity index (χ1v) is 5.26. The SMILES string of the molecule is CC1(C)Oc2c(cc(Cl)cc2C(=O)O)NC1=O. The third kappa shape index (κ3) is 1.93. The minimum absolute atomic E-state index is 0.0689. The number of benzene rings is 1. The average Bonchev–Trinajstić information content (AvgIpc) is 2.19. The molecule has 1 aliphatic rings. The van der Waals surface area contributed by atoms with E-state index in [2.05, 4.69) is 5.32 Å². The fraction of sp³-hybridized carbons (Fsp3) is 0.273. The molecule has 1 aromatic carbocycles. The largest absolute Gasteiger partial charge is 0.478 e. The van der Waals surface area contributed by atoms with E-state index in [1.165, 1.54) is 12.1 Å². The highest BCUT2D eigenvalue weighted by molar-refractivity contribution is 6.31. The van der Waals surface area contributed by atoms with Gasteiger partial charge in [-0.1, -0.05) is 11.6 Å². The Balaban J connectivity index is 2.62. The molecule has 5 nitrogen and oxygen atoms in total. The van der Waals surface area contributed by atoms with Crippen molar-refractivity contribution in [3.05, 3.63) is 22.7 Å². The van der Waals surface area contributed by atoms with Crippen molar-refractivity contribution in [2.24, 2.45) is 0 Å². The Labute approximate surface area is 102 Å². The van der Waals surface area contributed by atoms with Crippen LogP contribution in [0.25, 0.3) is 0 Å². The maximum Gasteiger partial charge on any atom is 0.339 e. The van der Waals surface area contributed by atoms with E-state index in [0.29, 0.717) is 0 Å². The fourth-order valence-corrected chi connectivity index (χ4v) is 1.75. The van der Waals surface area contributed by atoms with E-state index in [9.17, 15) is 9.59 Å². The number of carbonyl (C=O) groups excluding carboxylic acids is 1. The van der Waals surface area contributed by atoms with Gasteiger partial charge < -0.3 is 15.2 Å². The van der Waals surface area contributed by atoms with Crippen molar-refractivity contribution in [3.63, 3.8) is 0 Å². The summed E-state index contributed by atoms with van der Waals surface area (Å²) in [6.45, 7) is 3.12. The zero-order valence-electron chi connectivity index (χ0n) is 9.20. The van der Waals surface area contributed by atoms with Gasteiger partial charge in [-0.2, -0.15) is 0 Å². The maximum atomic E-state index is 11.6. The Morgan fingerprint density at radius 3 is 2.71 bits per heavy atom. The molecular formula is C11H10ClNO4. The highest BCUT2D eigenvalue weighted by Gasteiger charge is 2.37. The Morgan fingerprint density at radius 2 is 2.12 bits per heavy atom. The predicted molar refractivity (Wildman–Crippen MR) is 61.7 cm³/mol. The molecule has 1 amide bonds. The molecule has 0 aliphatic carbocycles.